The molecule has 2 rings (SSSR count). The second-order valence-corrected chi connectivity index (χ2v) is 7.61. The Balaban J connectivity index is 0.000000333. The largest absolute Gasteiger partial charge is 0.741 e. The van der Waals surface area contributed by atoms with Crippen molar-refractivity contribution in [3.05, 3.63) is 71.8 Å². The van der Waals surface area contributed by atoms with Gasteiger partial charge in [-0.3, -0.25) is 0 Å². The predicted octanol–water partition coefficient (Wildman–Crippen LogP) is 3.53. The van der Waals surface area contributed by atoms with Crippen molar-refractivity contribution in [3.8, 4) is 0 Å². The molecule has 0 aliphatic carbocycles. The van der Waals surface area contributed by atoms with Gasteiger partial charge in [0.1, 0.15) is 6.04 Å². The van der Waals surface area contributed by atoms with Crippen LogP contribution in [-0.4, -0.2) is 44.1 Å². The third kappa shape index (κ3) is 6.49. The molecule has 0 saturated heterocycles. The van der Waals surface area contributed by atoms with E-state index < -0.39 is 15.6 Å². The summed E-state index contributed by atoms with van der Waals surface area (Å²) in [5.74, 6) is 0. The van der Waals surface area contributed by atoms with Crippen LogP contribution in [0, 0.1) is 0 Å². The van der Waals surface area contributed by atoms with Crippen molar-refractivity contribution in [2.75, 3.05) is 21.1 Å². The molecule has 0 aliphatic rings. The van der Waals surface area contributed by atoms with E-state index in [-0.39, 0.29) is 0 Å². The Kier molecular flexibility index (Phi) is 6.75. The van der Waals surface area contributed by atoms with E-state index in [1.807, 2.05) is 0 Å². The van der Waals surface area contributed by atoms with Crippen LogP contribution in [0.15, 0.2) is 60.7 Å². The molecule has 25 heavy (non-hydrogen) atoms. The quantitative estimate of drug-likeness (QED) is 0.468. The molecule has 0 radical (unpaired) electrons. The first kappa shape index (κ1) is 21.1. The maximum absolute atomic E-state index is 10.7. The maximum atomic E-state index is 10.7. The van der Waals surface area contributed by atoms with Crippen molar-refractivity contribution in [1.82, 2.24) is 0 Å². The number of benzene rings is 2. The predicted molar refractivity (Wildman–Crippen MR) is 88.5 cm³/mol. The summed E-state index contributed by atoms with van der Waals surface area (Å²) in [5.41, 5.74) is -2.91. The number of halogens is 3. The fraction of sp³-hybridized carbons (Fsp3) is 0.294. The smallest absolute Gasteiger partial charge is 0.485 e. The van der Waals surface area contributed by atoms with Crippen molar-refractivity contribution in [2.24, 2.45) is 0 Å². The van der Waals surface area contributed by atoms with E-state index in [0.29, 0.717) is 6.04 Å². The van der Waals surface area contributed by atoms with Crippen LogP contribution in [0.25, 0.3) is 0 Å². The van der Waals surface area contributed by atoms with Gasteiger partial charge in [-0.05, 0) is 0 Å². The summed E-state index contributed by atoms with van der Waals surface area (Å²) in [6, 6.07) is 21.8. The average Bonchev–Trinajstić information content (AvgIpc) is 2.47. The molecule has 0 fully saturated rings. The van der Waals surface area contributed by atoms with Gasteiger partial charge in [-0.15, -0.1) is 0 Å². The SMILES string of the molecule is C[N+](C)(C)C(c1ccccc1)c1ccccc1.O=S(=O)([O-])C(F)(F)F. The molecule has 0 unspecified atom stereocenters. The molecule has 0 amide bonds. The fourth-order valence-corrected chi connectivity index (χ4v) is 2.36. The number of nitrogens with zero attached hydrogens (tertiary/aromatic N) is 1. The third-order valence-electron chi connectivity index (χ3n) is 3.29. The number of hydrogen-bond donors (Lipinski definition) is 0. The van der Waals surface area contributed by atoms with Crippen molar-refractivity contribution in [3.63, 3.8) is 0 Å². The monoisotopic (exact) mass is 375 g/mol. The second-order valence-electron chi connectivity index (χ2n) is 6.24. The van der Waals surface area contributed by atoms with E-state index in [0.717, 1.165) is 4.48 Å². The molecular weight excluding hydrogens is 355 g/mol. The third-order valence-corrected chi connectivity index (χ3v) is 3.86. The Morgan fingerprint density at radius 3 is 1.32 bits per heavy atom. The molecular formula is C17H20F3NO3S. The molecule has 0 saturated carbocycles. The Bertz CT molecular complexity index is 716. The minimum atomic E-state index is -6.09. The average molecular weight is 375 g/mol. The summed E-state index contributed by atoms with van der Waals surface area (Å²) in [4.78, 5) is 0. The summed E-state index contributed by atoms with van der Waals surface area (Å²) in [6.07, 6.45) is 0. The van der Waals surface area contributed by atoms with Crippen molar-refractivity contribution in [1.29, 1.82) is 0 Å². The number of quaternary nitrogens is 1. The minimum absolute atomic E-state index is 0.386. The van der Waals surface area contributed by atoms with E-state index in [1.165, 1.54) is 11.1 Å². The molecule has 0 heterocycles. The van der Waals surface area contributed by atoms with Gasteiger partial charge in [-0.25, -0.2) is 8.42 Å². The highest BCUT2D eigenvalue weighted by molar-refractivity contribution is 7.86. The maximum Gasteiger partial charge on any atom is 0.485 e. The van der Waals surface area contributed by atoms with Gasteiger partial charge < -0.3 is 9.04 Å². The molecule has 4 nitrogen and oxygen atoms in total. The summed E-state index contributed by atoms with van der Waals surface area (Å²) < 4.78 is 59.8. The van der Waals surface area contributed by atoms with Gasteiger partial charge in [-0.2, -0.15) is 13.2 Å². The molecule has 0 aromatic heterocycles. The lowest BCUT2D eigenvalue weighted by Crippen LogP contribution is -2.39. The number of alkyl halides is 3. The first-order valence-electron chi connectivity index (χ1n) is 7.27. The normalized spacial score (nSPS) is 12.5. The first-order chi connectivity index (χ1) is 11.3. The molecule has 2 aromatic rings. The highest BCUT2D eigenvalue weighted by atomic mass is 32.2. The number of rotatable bonds is 3. The van der Waals surface area contributed by atoms with Crippen molar-refractivity contribution >= 4 is 10.1 Å². The molecule has 0 atom stereocenters. The number of hydrogen-bond acceptors (Lipinski definition) is 3. The Morgan fingerprint density at radius 1 is 0.840 bits per heavy atom. The Labute approximate surface area is 145 Å². The first-order valence-corrected chi connectivity index (χ1v) is 8.68. The van der Waals surface area contributed by atoms with Crippen LogP contribution in [0.1, 0.15) is 17.2 Å². The lowest BCUT2D eigenvalue weighted by Gasteiger charge is -2.34. The van der Waals surface area contributed by atoms with Gasteiger partial charge in [0.05, 0.1) is 21.1 Å². The summed E-state index contributed by atoms with van der Waals surface area (Å²) in [5, 5.41) is 0. The van der Waals surface area contributed by atoms with Crippen LogP contribution in [0.5, 0.6) is 0 Å². The van der Waals surface area contributed by atoms with Crippen molar-refractivity contribution < 1.29 is 30.6 Å². The molecule has 0 aliphatic heterocycles. The van der Waals surface area contributed by atoms with Crippen LogP contribution in [0.2, 0.25) is 0 Å². The molecule has 0 bridgehead atoms. The second kappa shape index (κ2) is 7.99. The van der Waals surface area contributed by atoms with Crippen LogP contribution in [0.4, 0.5) is 13.2 Å². The summed E-state index contributed by atoms with van der Waals surface area (Å²) in [7, 11) is 0.632. The standard InChI is InChI=1S/C16H20N.CHF3O3S/c1-17(2,3)16(14-10-6-4-7-11-14)15-12-8-5-9-13-15;2-1(3,4)8(5,6)7/h4-13,16H,1-3H3;(H,5,6,7)/q+1;/p-1. The molecule has 8 heteroatoms. The zero-order valence-corrected chi connectivity index (χ0v) is 14.9. The van der Waals surface area contributed by atoms with Gasteiger partial charge in [0.2, 0.25) is 0 Å². The van der Waals surface area contributed by atoms with Crippen LogP contribution in [-0.2, 0) is 10.1 Å². The highest BCUT2D eigenvalue weighted by Gasteiger charge is 2.36. The van der Waals surface area contributed by atoms with Gasteiger partial charge >= 0.3 is 5.51 Å². The van der Waals surface area contributed by atoms with E-state index in [9.17, 15) is 13.2 Å². The summed E-state index contributed by atoms with van der Waals surface area (Å²) >= 11 is 0. The summed E-state index contributed by atoms with van der Waals surface area (Å²) in [6.45, 7) is 0. The fourth-order valence-electron chi connectivity index (χ4n) is 2.36. The highest BCUT2D eigenvalue weighted by Crippen LogP contribution is 2.30. The van der Waals surface area contributed by atoms with Gasteiger partial charge in [0, 0.05) is 11.1 Å². The Morgan fingerprint density at radius 2 is 1.12 bits per heavy atom. The van der Waals surface area contributed by atoms with E-state index in [1.54, 1.807) is 0 Å². The minimum Gasteiger partial charge on any atom is -0.741 e. The zero-order valence-electron chi connectivity index (χ0n) is 14.1. The lowest BCUT2D eigenvalue weighted by molar-refractivity contribution is -0.896. The zero-order chi connectivity index (χ0) is 19.3. The van der Waals surface area contributed by atoms with Crippen LogP contribution < -0.4 is 0 Å². The van der Waals surface area contributed by atoms with Gasteiger partial charge in [0.25, 0.3) is 0 Å². The molecule has 0 spiro atoms. The van der Waals surface area contributed by atoms with E-state index >= 15 is 0 Å². The van der Waals surface area contributed by atoms with Crippen LogP contribution in [0.3, 0.4) is 0 Å². The lowest BCUT2D eigenvalue weighted by atomic mass is 9.96. The van der Waals surface area contributed by atoms with E-state index in [2.05, 4.69) is 81.8 Å². The topological polar surface area (TPSA) is 57.2 Å². The van der Waals surface area contributed by atoms with Crippen LogP contribution >= 0.6 is 0 Å². The molecule has 2 aromatic carbocycles. The van der Waals surface area contributed by atoms with E-state index in [4.69, 9.17) is 13.0 Å². The van der Waals surface area contributed by atoms with Crippen molar-refractivity contribution in [2.45, 2.75) is 11.6 Å². The molecule has 138 valence electrons. The van der Waals surface area contributed by atoms with Gasteiger partial charge in [-0.1, -0.05) is 60.7 Å². The Hall–Kier alpha value is -1.90. The molecule has 0 N–H and O–H groups in total. The van der Waals surface area contributed by atoms with Gasteiger partial charge in [0.15, 0.2) is 10.1 Å².